The molecule has 0 aliphatic rings. The van der Waals surface area contributed by atoms with Crippen molar-refractivity contribution in [3.8, 4) is 28.5 Å². The van der Waals surface area contributed by atoms with Gasteiger partial charge in [0.2, 0.25) is 0 Å². The van der Waals surface area contributed by atoms with Crippen molar-refractivity contribution in [2.24, 2.45) is 0 Å². The van der Waals surface area contributed by atoms with E-state index in [0.29, 0.717) is 11.3 Å². The van der Waals surface area contributed by atoms with E-state index in [1.165, 1.54) is 11.1 Å². The molecule has 2 aromatic carbocycles. The summed E-state index contributed by atoms with van der Waals surface area (Å²) in [6.07, 6.45) is 0. The van der Waals surface area contributed by atoms with Crippen LogP contribution >= 0.6 is 0 Å². The third kappa shape index (κ3) is 4.14. The van der Waals surface area contributed by atoms with Gasteiger partial charge in [0.1, 0.15) is 17.3 Å². The van der Waals surface area contributed by atoms with Gasteiger partial charge in [-0.05, 0) is 27.5 Å². The molecule has 1 N–H and O–H groups in total. The predicted molar refractivity (Wildman–Crippen MR) is 118 cm³/mol. The summed E-state index contributed by atoms with van der Waals surface area (Å²) >= 11 is 0. The van der Waals surface area contributed by atoms with Gasteiger partial charge in [-0.2, -0.15) is 10.4 Å². The molecule has 4 heteroatoms. The normalized spacial score (nSPS) is 11.9. The van der Waals surface area contributed by atoms with Gasteiger partial charge in [0, 0.05) is 11.1 Å². The Labute approximate surface area is 172 Å². The molecule has 3 rings (SSSR count). The molecule has 148 valence electrons. The molecular formula is C25H27N3O. The van der Waals surface area contributed by atoms with Gasteiger partial charge < -0.3 is 0 Å². The van der Waals surface area contributed by atoms with Crippen LogP contribution in [0.4, 0.5) is 0 Å². The van der Waals surface area contributed by atoms with Crippen LogP contribution in [0.15, 0.2) is 53.3 Å². The van der Waals surface area contributed by atoms with Crippen molar-refractivity contribution in [1.82, 2.24) is 10.2 Å². The van der Waals surface area contributed by atoms with E-state index >= 15 is 0 Å². The predicted octanol–water partition coefficient (Wildman–Crippen LogP) is 5.57. The zero-order chi connectivity index (χ0) is 21.4. The molecule has 0 saturated heterocycles. The van der Waals surface area contributed by atoms with Gasteiger partial charge in [-0.25, -0.2) is 5.10 Å². The van der Waals surface area contributed by atoms with Crippen LogP contribution in [-0.2, 0) is 10.8 Å². The Morgan fingerprint density at radius 1 is 0.793 bits per heavy atom. The minimum absolute atomic E-state index is 0.0224. The zero-order valence-electron chi connectivity index (χ0n) is 17.9. The summed E-state index contributed by atoms with van der Waals surface area (Å²) < 4.78 is 0. The van der Waals surface area contributed by atoms with E-state index in [2.05, 4.69) is 69.9 Å². The molecule has 3 aromatic rings. The molecule has 0 atom stereocenters. The van der Waals surface area contributed by atoms with E-state index < -0.39 is 5.56 Å². The number of nitrogens with one attached hydrogen (secondary N) is 1. The largest absolute Gasteiger partial charge is 0.282 e. The molecule has 0 radical (unpaired) electrons. The summed E-state index contributed by atoms with van der Waals surface area (Å²) in [6.45, 7) is 12.9. The number of rotatable bonds is 2. The highest BCUT2D eigenvalue weighted by Crippen LogP contribution is 2.34. The maximum absolute atomic E-state index is 12.3. The summed E-state index contributed by atoms with van der Waals surface area (Å²) in [7, 11) is 0. The Bertz CT molecular complexity index is 1120. The zero-order valence-corrected chi connectivity index (χ0v) is 17.9. The Hall–Kier alpha value is -3.19. The average molecular weight is 386 g/mol. The number of hydrogen-bond donors (Lipinski definition) is 1. The van der Waals surface area contributed by atoms with Gasteiger partial charge in [0.05, 0.1) is 0 Å². The van der Waals surface area contributed by atoms with Crippen LogP contribution in [0.25, 0.3) is 22.4 Å². The monoisotopic (exact) mass is 385 g/mol. The quantitative estimate of drug-likeness (QED) is 0.627. The van der Waals surface area contributed by atoms with E-state index in [1.54, 1.807) is 0 Å². The van der Waals surface area contributed by atoms with Crippen molar-refractivity contribution >= 4 is 0 Å². The summed E-state index contributed by atoms with van der Waals surface area (Å²) in [4.78, 5) is 12.3. The number of aromatic nitrogens is 2. The lowest BCUT2D eigenvalue weighted by Crippen LogP contribution is -2.15. The summed E-state index contributed by atoms with van der Waals surface area (Å²) in [5.74, 6) is 0. The van der Waals surface area contributed by atoms with Crippen LogP contribution in [0.1, 0.15) is 58.2 Å². The fraction of sp³-hybridized carbons (Fsp3) is 0.320. The van der Waals surface area contributed by atoms with Gasteiger partial charge >= 0.3 is 0 Å². The Morgan fingerprint density at radius 2 is 1.24 bits per heavy atom. The highest BCUT2D eigenvalue weighted by atomic mass is 16.1. The SMILES string of the molecule is CC(C)(C)c1ccc(-c2n[nH]c(=O)c(C#N)c2-c2ccc(C(C)(C)C)cc2)cc1. The number of aromatic amines is 1. The van der Waals surface area contributed by atoms with E-state index in [1.807, 2.05) is 36.4 Å². The molecule has 0 bridgehead atoms. The van der Waals surface area contributed by atoms with Gasteiger partial charge in [-0.3, -0.25) is 4.79 Å². The topological polar surface area (TPSA) is 69.5 Å². The van der Waals surface area contributed by atoms with Crippen LogP contribution in [0.3, 0.4) is 0 Å². The van der Waals surface area contributed by atoms with Crippen molar-refractivity contribution in [1.29, 1.82) is 5.26 Å². The third-order valence-electron chi connectivity index (χ3n) is 5.16. The summed E-state index contributed by atoms with van der Waals surface area (Å²) in [5.41, 5.74) is 4.91. The van der Waals surface area contributed by atoms with Crippen LogP contribution in [0, 0.1) is 11.3 Å². The second-order valence-electron chi connectivity index (χ2n) is 9.42. The highest BCUT2D eigenvalue weighted by Gasteiger charge is 2.20. The first-order chi connectivity index (χ1) is 13.5. The molecule has 0 spiro atoms. The van der Waals surface area contributed by atoms with Crippen molar-refractivity contribution in [3.63, 3.8) is 0 Å². The van der Waals surface area contributed by atoms with Gasteiger partial charge in [-0.15, -0.1) is 0 Å². The first kappa shape index (κ1) is 20.5. The van der Waals surface area contributed by atoms with E-state index in [4.69, 9.17) is 0 Å². The fourth-order valence-electron chi connectivity index (χ4n) is 3.31. The smallest absolute Gasteiger partial charge is 0.266 e. The molecule has 4 nitrogen and oxygen atoms in total. The lowest BCUT2D eigenvalue weighted by molar-refractivity contribution is 0.590. The third-order valence-corrected chi connectivity index (χ3v) is 5.16. The van der Waals surface area contributed by atoms with Gasteiger partial charge in [0.15, 0.2) is 0 Å². The first-order valence-electron chi connectivity index (χ1n) is 9.77. The van der Waals surface area contributed by atoms with Crippen LogP contribution in [0.5, 0.6) is 0 Å². The molecule has 0 unspecified atom stereocenters. The summed E-state index contributed by atoms with van der Waals surface area (Å²) in [5, 5.41) is 16.5. The van der Waals surface area contributed by atoms with Crippen molar-refractivity contribution in [3.05, 3.63) is 75.6 Å². The highest BCUT2D eigenvalue weighted by molar-refractivity contribution is 5.84. The molecule has 29 heavy (non-hydrogen) atoms. The maximum Gasteiger partial charge on any atom is 0.282 e. The number of benzene rings is 2. The number of nitrogens with zero attached hydrogens (tertiary/aromatic N) is 2. The van der Waals surface area contributed by atoms with Gasteiger partial charge in [0.25, 0.3) is 5.56 Å². The number of H-pyrrole nitrogens is 1. The average Bonchev–Trinajstić information content (AvgIpc) is 2.66. The maximum atomic E-state index is 12.3. The van der Waals surface area contributed by atoms with E-state index in [-0.39, 0.29) is 16.4 Å². The lowest BCUT2D eigenvalue weighted by Gasteiger charge is -2.20. The molecule has 0 saturated carbocycles. The molecule has 0 amide bonds. The second-order valence-corrected chi connectivity index (χ2v) is 9.42. The molecular weight excluding hydrogens is 358 g/mol. The molecule has 1 aromatic heterocycles. The number of nitriles is 1. The van der Waals surface area contributed by atoms with Crippen molar-refractivity contribution in [2.45, 2.75) is 52.4 Å². The summed E-state index contributed by atoms with van der Waals surface area (Å²) in [6, 6.07) is 18.2. The van der Waals surface area contributed by atoms with Crippen LogP contribution in [0.2, 0.25) is 0 Å². The van der Waals surface area contributed by atoms with E-state index in [0.717, 1.165) is 11.1 Å². The second kappa shape index (κ2) is 7.33. The number of hydrogen-bond acceptors (Lipinski definition) is 3. The van der Waals surface area contributed by atoms with E-state index in [9.17, 15) is 10.1 Å². The first-order valence-corrected chi connectivity index (χ1v) is 9.77. The Morgan fingerprint density at radius 3 is 1.66 bits per heavy atom. The Kier molecular flexibility index (Phi) is 5.19. The van der Waals surface area contributed by atoms with Crippen LogP contribution in [-0.4, -0.2) is 10.2 Å². The molecule has 0 aliphatic heterocycles. The van der Waals surface area contributed by atoms with Crippen molar-refractivity contribution < 1.29 is 0 Å². The molecule has 1 heterocycles. The molecule has 0 fully saturated rings. The minimum atomic E-state index is -0.475. The lowest BCUT2D eigenvalue weighted by atomic mass is 9.85. The van der Waals surface area contributed by atoms with Gasteiger partial charge in [-0.1, -0.05) is 90.1 Å². The fourth-order valence-corrected chi connectivity index (χ4v) is 3.31. The Balaban J connectivity index is 2.20. The standard InChI is InChI=1S/C25H27N3O/c1-24(2,3)18-11-7-16(8-12-18)21-20(15-26)23(29)28-27-22(21)17-9-13-19(14-10-17)25(4,5)6/h7-14H,1-6H3,(H,28,29). The van der Waals surface area contributed by atoms with Crippen LogP contribution < -0.4 is 5.56 Å². The molecule has 0 aliphatic carbocycles. The minimum Gasteiger partial charge on any atom is -0.266 e. The van der Waals surface area contributed by atoms with Crippen molar-refractivity contribution in [2.75, 3.05) is 0 Å².